The Kier molecular flexibility index (Phi) is 4.46. The van der Waals surface area contributed by atoms with Crippen molar-refractivity contribution in [3.8, 4) is 0 Å². The highest BCUT2D eigenvalue weighted by atomic mass is 32.2. The molecule has 1 unspecified atom stereocenters. The van der Waals surface area contributed by atoms with Crippen molar-refractivity contribution in [3.63, 3.8) is 0 Å². The number of carbonyl (C=O) groups excluding carboxylic acids is 1. The van der Waals surface area contributed by atoms with Gasteiger partial charge >= 0.3 is 0 Å². The molecule has 2 aromatic rings. The van der Waals surface area contributed by atoms with Gasteiger partial charge in [0, 0.05) is 6.07 Å². The Labute approximate surface area is 120 Å². The van der Waals surface area contributed by atoms with Gasteiger partial charge in [-0.15, -0.1) is 0 Å². The van der Waals surface area contributed by atoms with Gasteiger partial charge in [-0.1, -0.05) is 11.8 Å². The quantitative estimate of drug-likeness (QED) is 0.556. The number of hydrogen-bond donors (Lipinski definition) is 3. The number of nitrogens with one attached hydrogen (secondary N) is 1. The number of furan rings is 1. The molecule has 0 aliphatic carbocycles. The molecule has 20 heavy (non-hydrogen) atoms. The van der Waals surface area contributed by atoms with E-state index in [1.165, 1.54) is 17.8 Å². The molecule has 0 aliphatic rings. The van der Waals surface area contributed by atoms with Crippen LogP contribution in [0.15, 0.2) is 34.0 Å². The molecule has 0 radical (unpaired) electrons. The fraction of sp³-hybridized carbons (Fsp3) is 0.250. The van der Waals surface area contributed by atoms with Crippen LogP contribution < -0.4 is 16.8 Å². The van der Waals surface area contributed by atoms with Crippen molar-refractivity contribution in [2.75, 3.05) is 11.5 Å². The lowest BCUT2D eigenvalue weighted by Gasteiger charge is -2.10. The van der Waals surface area contributed by atoms with Crippen molar-refractivity contribution < 1.29 is 9.21 Å². The summed E-state index contributed by atoms with van der Waals surface area (Å²) < 4.78 is 5.13. The zero-order chi connectivity index (χ0) is 14.5. The molecule has 0 aromatic carbocycles. The van der Waals surface area contributed by atoms with Crippen molar-refractivity contribution in [1.29, 1.82) is 0 Å². The lowest BCUT2D eigenvalue weighted by molar-refractivity contribution is -0.120. The van der Waals surface area contributed by atoms with Gasteiger partial charge in [0.15, 0.2) is 5.16 Å². The van der Waals surface area contributed by atoms with E-state index in [1.807, 2.05) is 0 Å². The topological polar surface area (TPSA) is 120 Å². The molecule has 2 aromatic heterocycles. The number of nitrogens with zero attached hydrogens (tertiary/aromatic N) is 2. The fourth-order valence-corrected chi connectivity index (χ4v) is 2.28. The van der Waals surface area contributed by atoms with Gasteiger partial charge in [0.05, 0.1) is 18.1 Å². The normalized spacial score (nSPS) is 12.1. The lowest BCUT2D eigenvalue weighted by Crippen LogP contribution is -2.30. The maximum absolute atomic E-state index is 11.9. The molecule has 0 saturated carbocycles. The van der Waals surface area contributed by atoms with Crippen molar-refractivity contribution in [2.24, 2.45) is 0 Å². The van der Waals surface area contributed by atoms with Gasteiger partial charge in [-0.2, -0.15) is 0 Å². The SMILES string of the molecule is CC(Sc1nc(N)cc(N)n1)C(=O)NCc1ccco1. The van der Waals surface area contributed by atoms with Crippen LogP contribution in [-0.2, 0) is 11.3 Å². The predicted octanol–water partition coefficient (Wildman–Crippen LogP) is 1.03. The third kappa shape index (κ3) is 3.89. The molecule has 0 aliphatic heterocycles. The second kappa shape index (κ2) is 6.29. The Morgan fingerprint density at radius 1 is 1.45 bits per heavy atom. The summed E-state index contributed by atoms with van der Waals surface area (Å²) in [6, 6.07) is 5.02. The van der Waals surface area contributed by atoms with Crippen molar-refractivity contribution in [1.82, 2.24) is 15.3 Å². The average Bonchev–Trinajstić information content (AvgIpc) is 2.87. The summed E-state index contributed by atoms with van der Waals surface area (Å²) in [6.45, 7) is 2.10. The zero-order valence-electron chi connectivity index (χ0n) is 10.9. The predicted molar refractivity (Wildman–Crippen MR) is 76.7 cm³/mol. The lowest BCUT2D eigenvalue weighted by atomic mass is 10.4. The van der Waals surface area contributed by atoms with Crippen LogP contribution in [0.1, 0.15) is 12.7 Å². The van der Waals surface area contributed by atoms with Crippen LogP contribution in [-0.4, -0.2) is 21.1 Å². The highest BCUT2D eigenvalue weighted by Gasteiger charge is 2.16. The number of nitrogens with two attached hydrogens (primary N) is 2. The molecule has 106 valence electrons. The minimum atomic E-state index is -0.369. The van der Waals surface area contributed by atoms with Gasteiger partial charge in [-0.05, 0) is 19.1 Å². The number of nitrogen functional groups attached to an aromatic ring is 2. The largest absolute Gasteiger partial charge is 0.467 e. The van der Waals surface area contributed by atoms with E-state index in [2.05, 4.69) is 15.3 Å². The van der Waals surface area contributed by atoms with E-state index in [4.69, 9.17) is 15.9 Å². The minimum Gasteiger partial charge on any atom is -0.467 e. The number of thioether (sulfide) groups is 1. The number of anilines is 2. The maximum Gasteiger partial charge on any atom is 0.233 e. The van der Waals surface area contributed by atoms with Crippen molar-refractivity contribution in [3.05, 3.63) is 30.2 Å². The van der Waals surface area contributed by atoms with Gasteiger partial charge in [0.1, 0.15) is 17.4 Å². The summed E-state index contributed by atoms with van der Waals surface area (Å²) in [5.41, 5.74) is 11.2. The Morgan fingerprint density at radius 2 is 2.15 bits per heavy atom. The van der Waals surface area contributed by atoms with E-state index in [9.17, 15) is 4.79 Å². The molecule has 2 heterocycles. The van der Waals surface area contributed by atoms with Gasteiger partial charge in [-0.3, -0.25) is 4.79 Å². The van der Waals surface area contributed by atoms with E-state index in [-0.39, 0.29) is 22.8 Å². The first-order valence-electron chi connectivity index (χ1n) is 5.91. The van der Waals surface area contributed by atoms with Gasteiger partial charge in [-0.25, -0.2) is 9.97 Å². The van der Waals surface area contributed by atoms with Gasteiger partial charge in [0.25, 0.3) is 0 Å². The van der Waals surface area contributed by atoms with E-state index in [0.717, 1.165) is 0 Å². The van der Waals surface area contributed by atoms with E-state index >= 15 is 0 Å². The smallest absolute Gasteiger partial charge is 0.233 e. The van der Waals surface area contributed by atoms with Crippen LogP contribution in [0.3, 0.4) is 0 Å². The number of hydrogen-bond acceptors (Lipinski definition) is 7. The number of carbonyl (C=O) groups is 1. The summed E-state index contributed by atoms with van der Waals surface area (Å²) >= 11 is 1.19. The van der Waals surface area contributed by atoms with Crippen LogP contribution in [0, 0.1) is 0 Å². The van der Waals surface area contributed by atoms with Crippen LogP contribution in [0.2, 0.25) is 0 Å². The summed E-state index contributed by atoms with van der Waals surface area (Å²) in [4.78, 5) is 20.0. The van der Waals surface area contributed by atoms with Crippen molar-refractivity contribution in [2.45, 2.75) is 23.9 Å². The first kappa shape index (κ1) is 14.2. The van der Waals surface area contributed by atoms with E-state index in [0.29, 0.717) is 17.5 Å². The molecule has 2 rings (SSSR count). The zero-order valence-corrected chi connectivity index (χ0v) is 11.7. The third-order valence-corrected chi connectivity index (χ3v) is 3.37. The molecule has 0 bridgehead atoms. The summed E-state index contributed by atoms with van der Waals surface area (Å²) in [5.74, 6) is 1.11. The molecule has 0 fully saturated rings. The molecule has 0 saturated heterocycles. The van der Waals surface area contributed by atoms with Gasteiger partial charge in [0.2, 0.25) is 5.91 Å². The molecular weight excluding hydrogens is 278 g/mol. The maximum atomic E-state index is 11.9. The second-order valence-electron chi connectivity index (χ2n) is 4.06. The summed E-state index contributed by atoms with van der Waals surface area (Å²) in [7, 11) is 0. The van der Waals surface area contributed by atoms with Crippen LogP contribution in [0.5, 0.6) is 0 Å². The molecular formula is C12H15N5O2S. The molecule has 8 heteroatoms. The number of amides is 1. The molecule has 0 spiro atoms. The van der Waals surface area contributed by atoms with Crippen LogP contribution >= 0.6 is 11.8 Å². The Morgan fingerprint density at radius 3 is 2.75 bits per heavy atom. The average molecular weight is 293 g/mol. The number of rotatable bonds is 5. The Balaban J connectivity index is 1.90. The number of aromatic nitrogens is 2. The van der Waals surface area contributed by atoms with E-state index in [1.54, 1.807) is 25.3 Å². The second-order valence-corrected chi connectivity index (χ2v) is 5.37. The van der Waals surface area contributed by atoms with E-state index < -0.39 is 0 Å². The Bertz CT molecular complexity index is 567. The highest BCUT2D eigenvalue weighted by molar-refractivity contribution is 8.00. The first-order chi connectivity index (χ1) is 9.54. The molecule has 5 N–H and O–H groups in total. The van der Waals surface area contributed by atoms with Crippen molar-refractivity contribution >= 4 is 29.3 Å². The molecule has 7 nitrogen and oxygen atoms in total. The molecule has 1 atom stereocenters. The third-order valence-electron chi connectivity index (χ3n) is 2.41. The van der Waals surface area contributed by atoms with Crippen LogP contribution in [0.25, 0.3) is 0 Å². The van der Waals surface area contributed by atoms with Crippen LogP contribution in [0.4, 0.5) is 11.6 Å². The highest BCUT2D eigenvalue weighted by Crippen LogP contribution is 2.21. The molecule has 1 amide bonds. The standard InChI is InChI=1S/C12H15N5O2S/c1-7(11(18)15-6-8-3-2-4-19-8)20-12-16-9(13)5-10(14)17-12/h2-5,7H,6H2,1H3,(H,15,18)(H4,13,14,16,17). The van der Waals surface area contributed by atoms with Gasteiger partial charge < -0.3 is 21.2 Å². The first-order valence-corrected chi connectivity index (χ1v) is 6.79. The monoisotopic (exact) mass is 293 g/mol. The minimum absolute atomic E-state index is 0.143. The summed E-state index contributed by atoms with van der Waals surface area (Å²) in [6.07, 6.45) is 1.56. The summed E-state index contributed by atoms with van der Waals surface area (Å²) in [5, 5.41) is 2.77. The fourth-order valence-electron chi connectivity index (χ4n) is 1.46. The Hall–Kier alpha value is -2.22.